The number of hydrogen-bond donors (Lipinski definition) is 1. The van der Waals surface area contributed by atoms with Gasteiger partial charge in [0.1, 0.15) is 5.75 Å². The molecule has 1 atom stereocenters. The highest BCUT2D eigenvalue weighted by Gasteiger charge is 2.16. The second-order valence-corrected chi connectivity index (χ2v) is 5.85. The summed E-state index contributed by atoms with van der Waals surface area (Å²) in [6.07, 6.45) is 0.814. The smallest absolute Gasteiger partial charge is 0.124 e. The standard InChI is InChI=1S/C16H17BrClNO/c1-19-15(9-11-5-3-4-6-14(11)18)13-8-7-12(17)10-16(13)20-2/h3-8,10,15,19H,9H2,1-2H3. The Morgan fingerprint density at radius 3 is 2.65 bits per heavy atom. The van der Waals surface area contributed by atoms with Crippen LogP contribution in [0, 0.1) is 0 Å². The molecule has 2 aromatic rings. The molecule has 0 aliphatic carbocycles. The third-order valence-electron chi connectivity index (χ3n) is 3.30. The van der Waals surface area contributed by atoms with Crippen molar-refractivity contribution >= 4 is 27.5 Å². The Hall–Kier alpha value is -1.03. The minimum absolute atomic E-state index is 0.151. The van der Waals surface area contributed by atoms with Gasteiger partial charge in [0, 0.05) is 21.1 Å². The van der Waals surface area contributed by atoms with Crippen molar-refractivity contribution in [2.75, 3.05) is 14.2 Å². The summed E-state index contributed by atoms with van der Waals surface area (Å²) in [6, 6.07) is 14.1. The lowest BCUT2D eigenvalue weighted by molar-refractivity contribution is 0.401. The van der Waals surface area contributed by atoms with Gasteiger partial charge in [-0.1, -0.05) is 51.8 Å². The molecule has 2 nitrogen and oxygen atoms in total. The van der Waals surface area contributed by atoms with Gasteiger partial charge >= 0.3 is 0 Å². The van der Waals surface area contributed by atoms with Gasteiger partial charge in [-0.2, -0.15) is 0 Å². The third kappa shape index (κ3) is 3.54. The van der Waals surface area contributed by atoms with Crippen LogP contribution in [0.5, 0.6) is 5.75 Å². The number of halogens is 2. The predicted octanol–water partition coefficient (Wildman–Crippen LogP) is 4.61. The van der Waals surface area contributed by atoms with Gasteiger partial charge in [-0.25, -0.2) is 0 Å². The molecule has 0 radical (unpaired) electrons. The Balaban J connectivity index is 2.31. The molecular weight excluding hydrogens is 338 g/mol. The topological polar surface area (TPSA) is 21.3 Å². The summed E-state index contributed by atoms with van der Waals surface area (Å²) in [5.41, 5.74) is 2.25. The van der Waals surface area contributed by atoms with Gasteiger partial charge in [0.25, 0.3) is 0 Å². The zero-order valence-electron chi connectivity index (χ0n) is 11.5. The summed E-state index contributed by atoms with van der Waals surface area (Å²) in [5.74, 6) is 0.866. The molecule has 1 N–H and O–H groups in total. The van der Waals surface area contributed by atoms with Gasteiger partial charge in [-0.15, -0.1) is 0 Å². The normalized spacial score (nSPS) is 12.2. The Morgan fingerprint density at radius 2 is 2.00 bits per heavy atom. The summed E-state index contributed by atoms with van der Waals surface area (Å²) < 4.78 is 6.48. The van der Waals surface area contributed by atoms with E-state index in [-0.39, 0.29) is 6.04 Å². The van der Waals surface area contributed by atoms with E-state index in [4.69, 9.17) is 16.3 Å². The summed E-state index contributed by atoms with van der Waals surface area (Å²) in [4.78, 5) is 0. The third-order valence-corrected chi connectivity index (χ3v) is 4.16. The fourth-order valence-electron chi connectivity index (χ4n) is 2.22. The average molecular weight is 355 g/mol. The zero-order chi connectivity index (χ0) is 14.5. The summed E-state index contributed by atoms with van der Waals surface area (Å²) >= 11 is 9.71. The molecule has 0 saturated carbocycles. The molecule has 0 fully saturated rings. The summed E-state index contributed by atoms with van der Waals surface area (Å²) in [7, 11) is 3.64. The van der Waals surface area contributed by atoms with Crippen LogP contribution >= 0.6 is 27.5 Å². The van der Waals surface area contributed by atoms with Crippen LogP contribution < -0.4 is 10.1 Å². The van der Waals surface area contributed by atoms with E-state index in [9.17, 15) is 0 Å². The largest absolute Gasteiger partial charge is 0.496 e. The number of likely N-dealkylation sites (N-methyl/N-ethyl adjacent to an activating group) is 1. The van der Waals surface area contributed by atoms with Gasteiger partial charge in [-0.05, 0) is 37.2 Å². The molecule has 0 spiro atoms. The van der Waals surface area contributed by atoms with E-state index in [0.29, 0.717) is 0 Å². The second kappa shape index (κ2) is 7.11. The predicted molar refractivity (Wildman–Crippen MR) is 87.7 cm³/mol. The van der Waals surface area contributed by atoms with Crippen molar-refractivity contribution in [3.8, 4) is 5.75 Å². The quantitative estimate of drug-likeness (QED) is 0.846. The van der Waals surface area contributed by atoms with Gasteiger partial charge in [0.05, 0.1) is 7.11 Å². The van der Waals surface area contributed by atoms with E-state index < -0.39 is 0 Å². The van der Waals surface area contributed by atoms with Crippen LogP contribution in [0.2, 0.25) is 5.02 Å². The SMILES string of the molecule is CNC(Cc1ccccc1Cl)c1ccc(Br)cc1OC. The zero-order valence-corrected chi connectivity index (χ0v) is 13.8. The van der Waals surface area contributed by atoms with Crippen LogP contribution in [0.1, 0.15) is 17.2 Å². The molecular formula is C16H17BrClNO. The number of rotatable bonds is 5. The molecule has 2 rings (SSSR count). The molecule has 0 aromatic heterocycles. The van der Waals surface area contributed by atoms with Crippen molar-refractivity contribution in [1.29, 1.82) is 0 Å². The van der Waals surface area contributed by atoms with Crippen molar-refractivity contribution in [2.24, 2.45) is 0 Å². The van der Waals surface area contributed by atoms with Crippen molar-refractivity contribution < 1.29 is 4.74 Å². The highest BCUT2D eigenvalue weighted by atomic mass is 79.9. The second-order valence-electron chi connectivity index (χ2n) is 4.52. The van der Waals surface area contributed by atoms with Crippen LogP contribution in [0.15, 0.2) is 46.9 Å². The minimum atomic E-state index is 0.151. The van der Waals surface area contributed by atoms with Crippen molar-refractivity contribution in [1.82, 2.24) is 5.32 Å². The molecule has 106 valence electrons. The van der Waals surface area contributed by atoms with Gasteiger partial charge in [-0.3, -0.25) is 0 Å². The fraction of sp³-hybridized carbons (Fsp3) is 0.250. The highest BCUT2D eigenvalue weighted by molar-refractivity contribution is 9.10. The minimum Gasteiger partial charge on any atom is -0.496 e. The Morgan fingerprint density at radius 1 is 1.25 bits per heavy atom. The monoisotopic (exact) mass is 353 g/mol. The molecule has 0 amide bonds. The van der Waals surface area contributed by atoms with Crippen LogP contribution in [-0.4, -0.2) is 14.2 Å². The van der Waals surface area contributed by atoms with Crippen LogP contribution in [0.25, 0.3) is 0 Å². The van der Waals surface area contributed by atoms with E-state index in [1.54, 1.807) is 7.11 Å². The van der Waals surface area contributed by atoms with Gasteiger partial charge < -0.3 is 10.1 Å². The first-order valence-corrected chi connectivity index (χ1v) is 7.57. The lowest BCUT2D eigenvalue weighted by Gasteiger charge is -2.20. The van der Waals surface area contributed by atoms with E-state index in [2.05, 4.69) is 33.4 Å². The number of nitrogens with one attached hydrogen (secondary N) is 1. The molecule has 0 saturated heterocycles. The number of methoxy groups -OCH3 is 1. The molecule has 0 aliphatic heterocycles. The first-order chi connectivity index (χ1) is 9.65. The number of ether oxygens (including phenoxy) is 1. The molecule has 0 aliphatic rings. The van der Waals surface area contributed by atoms with E-state index in [1.807, 2.05) is 37.4 Å². The first-order valence-electron chi connectivity index (χ1n) is 6.39. The number of hydrogen-bond acceptors (Lipinski definition) is 2. The van der Waals surface area contributed by atoms with Gasteiger partial charge in [0.2, 0.25) is 0 Å². The Bertz CT molecular complexity index is 588. The van der Waals surface area contributed by atoms with Crippen LogP contribution in [0.3, 0.4) is 0 Å². The maximum absolute atomic E-state index is 6.25. The summed E-state index contributed by atoms with van der Waals surface area (Å²) in [5, 5.41) is 4.13. The van der Waals surface area contributed by atoms with Crippen LogP contribution in [-0.2, 0) is 6.42 Å². The maximum Gasteiger partial charge on any atom is 0.124 e. The fourth-order valence-corrected chi connectivity index (χ4v) is 2.78. The molecule has 4 heteroatoms. The highest BCUT2D eigenvalue weighted by Crippen LogP contribution is 2.31. The van der Waals surface area contributed by atoms with Crippen molar-refractivity contribution in [3.05, 3.63) is 63.1 Å². The van der Waals surface area contributed by atoms with E-state index in [0.717, 1.165) is 32.8 Å². The van der Waals surface area contributed by atoms with Gasteiger partial charge in [0.15, 0.2) is 0 Å². The first kappa shape index (κ1) is 15.4. The lowest BCUT2D eigenvalue weighted by atomic mass is 9.98. The lowest BCUT2D eigenvalue weighted by Crippen LogP contribution is -2.19. The maximum atomic E-state index is 6.25. The van der Waals surface area contributed by atoms with Crippen LogP contribution in [0.4, 0.5) is 0 Å². The molecule has 2 aromatic carbocycles. The molecule has 0 heterocycles. The van der Waals surface area contributed by atoms with Crippen molar-refractivity contribution in [3.63, 3.8) is 0 Å². The number of benzene rings is 2. The molecule has 20 heavy (non-hydrogen) atoms. The molecule has 0 bridgehead atoms. The average Bonchev–Trinajstić information content (AvgIpc) is 2.46. The van der Waals surface area contributed by atoms with Crippen molar-refractivity contribution in [2.45, 2.75) is 12.5 Å². The molecule has 1 unspecified atom stereocenters. The van der Waals surface area contributed by atoms with E-state index >= 15 is 0 Å². The Kier molecular flexibility index (Phi) is 5.46. The van der Waals surface area contributed by atoms with E-state index in [1.165, 1.54) is 0 Å². The Labute approximate surface area is 133 Å². The summed E-state index contributed by atoms with van der Waals surface area (Å²) in [6.45, 7) is 0.